The van der Waals surface area contributed by atoms with Crippen LogP contribution in [0.4, 0.5) is 10.1 Å². The zero-order valence-corrected chi connectivity index (χ0v) is 23.2. The van der Waals surface area contributed by atoms with E-state index in [9.17, 15) is 22.4 Å². The van der Waals surface area contributed by atoms with Gasteiger partial charge < -0.3 is 15.0 Å². The third-order valence-corrected chi connectivity index (χ3v) is 7.99. The van der Waals surface area contributed by atoms with Crippen molar-refractivity contribution in [1.82, 2.24) is 10.2 Å². The van der Waals surface area contributed by atoms with Gasteiger partial charge in [0.15, 0.2) is 0 Å². The SMILES string of the molecule is CCCCNC(=O)[C@@H](C)N(Cc1cccc(OC)c1)C(=O)CN(c1ccccc1F)S(=O)(=O)c1ccccc1. The minimum Gasteiger partial charge on any atom is -0.497 e. The zero-order chi connectivity index (χ0) is 28.4. The Morgan fingerprint density at radius 3 is 2.36 bits per heavy atom. The van der Waals surface area contributed by atoms with Crippen LogP contribution >= 0.6 is 0 Å². The highest BCUT2D eigenvalue weighted by Crippen LogP contribution is 2.27. The van der Waals surface area contributed by atoms with Gasteiger partial charge in [-0.2, -0.15) is 0 Å². The van der Waals surface area contributed by atoms with Crippen LogP contribution in [0.15, 0.2) is 83.8 Å². The van der Waals surface area contributed by atoms with Crippen LogP contribution in [0.3, 0.4) is 0 Å². The molecule has 0 aliphatic rings. The number of hydrogen-bond donors (Lipinski definition) is 1. The molecule has 1 atom stereocenters. The molecule has 0 aliphatic heterocycles. The molecule has 2 amide bonds. The van der Waals surface area contributed by atoms with Gasteiger partial charge in [0, 0.05) is 13.1 Å². The number of rotatable bonds is 13. The molecule has 39 heavy (non-hydrogen) atoms. The summed E-state index contributed by atoms with van der Waals surface area (Å²) in [5.41, 5.74) is 0.412. The number of methoxy groups -OCH3 is 1. The maximum Gasteiger partial charge on any atom is 0.264 e. The lowest BCUT2D eigenvalue weighted by molar-refractivity contribution is -0.139. The van der Waals surface area contributed by atoms with E-state index in [2.05, 4.69) is 5.32 Å². The first kappa shape index (κ1) is 29.6. The number of hydrogen-bond acceptors (Lipinski definition) is 5. The van der Waals surface area contributed by atoms with Crippen molar-refractivity contribution in [3.8, 4) is 5.75 Å². The van der Waals surface area contributed by atoms with Crippen LogP contribution < -0.4 is 14.4 Å². The van der Waals surface area contributed by atoms with E-state index in [-0.39, 0.29) is 23.0 Å². The van der Waals surface area contributed by atoms with Crippen molar-refractivity contribution < 1.29 is 27.1 Å². The highest BCUT2D eigenvalue weighted by Gasteiger charge is 2.33. The highest BCUT2D eigenvalue weighted by molar-refractivity contribution is 7.92. The second-order valence-corrected chi connectivity index (χ2v) is 10.8. The van der Waals surface area contributed by atoms with E-state index in [1.807, 2.05) is 6.92 Å². The Morgan fingerprint density at radius 1 is 1.00 bits per heavy atom. The largest absolute Gasteiger partial charge is 0.497 e. The van der Waals surface area contributed by atoms with Crippen molar-refractivity contribution in [2.75, 3.05) is 24.5 Å². The number of benzene rings is 3. The number of carbonyl (C=O) groups excluding carboxylic acids is 2. The minimum atomic E-state index is -4.33. The second kappa shape index (κ2) is 13.7. The van der Waals surface area contributed by atoms with Crippen molar-refractivity contribution in [1.29, 1.82) is 0 Å². The Kier molecular flexibility index (Phi) is 10.4. The molecule has 1 N–H and O–H groups in total. The van der Waals surface area contributed by atoms with Gasteiger partial charge in [0.1, 0.15) is 24.2 Å². The quantitative estimate of drug-likeness (QED) is 0.316. The summed E-state index contributed by atoms with van der Waals surface area (Å²) >= 11 is 0. The predicted molar refractivity (Wildman–Crippen MR) is 148 cm³/mol. The normalized spacial score (nSPS) is 11.9. The number of sulfonamides is 1. The monoisotopic (exact) mass is 555 g/mol. The molecule has 0 unspecified atom stereocenters. The van der Waals surface area contributed by atoms with Crippen LogP contribution in [0.2, 0.25) is 0 Å². The van der Waals surface area contributed by atoms with Crippen molar-refractivity contribution >= 4 is 27.5 Å². The Hall–Kier alpha value is -3.92. The maximum absolute atomic E-state index is 14.9. The van der Waals surface area contributed by atoms with Gasteiger partial charge in [0.05, 0.1) is 17.7 Å². The summed E-state index contributed by atoms with van der Waals surface area (Å²) in [7, 11) is -2.81. The van der Waals surface area contributed by atoms with E-state index in [0.717, 1.165) is 23.2 Å². The topological polar surface area (TPSA) is 96.0 Å². The third-order valence-electron chi connectivity index (χ3n) is 6.22. The van der Waals surface area contributed by atoms with Crippen molar-refractivity contribution in [3.63, 3.8) is 0 Å². The van der Waals surface area contributed by atoms with E-state index in [4.69, 9.17) is 4.74 Å². The van der Waals surface area contributed by atoms with Gasteiger partial charge in [-0.25, -0.2) is 12.8 Å². The van der Waals surface area contributed by atoms with E-state index in [0.29, 0.717) is 17.9 Å². The van der Waals surface area contributed by atoms with Gasteiger partial charge >= 0.3 is 0 Å². The molecule has 0 saturated heterocycles. The number of nitrogens with one attached hydrogen (secondary N) is 1. The Balaban J connectivity index is 2.01. The molecule has 0 fully saturated rings. The van der Waals surface area contributed by atoms with E-state index in [1.54, 1.807) is 49.4 Å². The average molecular weight is 556 g/mol. The fraction of sp³-hybridized carbons (Fsp3) is 0.310. The molecule has 0 heterocycles. The number of para-hydroxylation sites is 1. The third kappa shape index (κ3) is 7.57. The van der Waals surface area contributed by atoms with Crippen LogP contribution in [-0.2, 0) is 26.2 Å². The smallest absolute Gasteiger partial charge is 0.264 e. The average Bonchev–Trinajstić information content (AvgIpc) is 2.95. The molecule has 3 aromatic rings. The highest BCUT2D eigenvalue weighted by atomic mass is 32.2. The van der Waals surface area contributed by atoms with Gasteiger partial charge in [-0.05, 0) is 55.3 Å². The number of unbranched alkanes of at least 4 members (excludes halogenated alkanes) is 1. The summed E-state index contributed by atoms with van der Waals surface area (Å²) in [6.45, 7) is 3.32. The van der Waals surface area contributed by atoms with E-state index >= 15 is 0 Å². The molecule has 3 rings (SSSR count). The lowest BCUT2D eigenvalue weighted by Gasteiger charge is -2.32. The van der Waals surface area contributed by atoms with Gasteiger partial charge in [-0.15, -0.1) is 0 Å². The molecule has 0 spiro atoms. The molecule has 10 heteroatoms. The minimum absolute atomic E-state index is 0.00882. The molecule has 0 aromatic heterocycles. The number of carbonyl (C=O) groups is 2. The van der Waals surface area contributed by atoms with Crippen LogP contribution in [0.5, 0.6) is 5.75 Å². The maximum atomic E-state index is 14.9. The van der Waals surface area contributed by atoms with Gasteiger partial charge in [0.25, 0.3) is 10.0 Å². The zero-order valence-electron chi connectivity index (χ0n) is 22.3. The van der Waals surface area contributed by atoms with E-state index < -0.39 is 34.3 Å². The van der Waals surface area contributed by atoms with Crippen molar-refractivity contribution in [3.05, 3.63) is 90.2 Å². The Morgan fingerprint density at radius 2 is 1.69 bits per heavy atom. The van der Waals surface area contributed by atoms with Crippen LogP contribution in [0, 0.1) is 5.82 Å². The first-order chi connectivity index (χ1) is 18.7. The summed E-state index contributed by atoms with van der Waals surface area (Å²) in [6.07, 6.45) is 1.66. The number of ether oxygens (including phenoxy) is 1. The van der Waals surface area contributed by atoms with Gasteiger partial charge in [-0.1, -0.05) is 55.8 Å². The molecule has 8 nitrogen and oxygen atoms in total. The summed E-state index contributed by atoms with van der Waals surface area (Å²) < 4.78 is 48.3. The Bertz CT molecular complexity index is 1370. The van der Waals surface area contributed by atoms with Crippen molar-refractivity contribution in [2.24, 2.45) is 0 Å². The summed E-state index contributed by atoms with van der Waals surface area (Å²) in [4.78, 5) is 28.0. The first-order valence-electron chi connectivity index (χ1n) is 12.7. The van der Waals surface area contributed by atoms with Crippen LogP contribution in [0.25, 0.3) is 0 Å². The molecular weight excluding hydrogens is 521 g/mol. The predicted octanol–water partition coefficient (Wildman–Crippen LogP) is 4.36. The summed E-state index contributed by atoms with van der Waals surface area (Å²) in [5.74, 6) is -1.27. The molecular formula is C29H34FN3O5S. The summed E-state index contributed by atoms with van der Waals surface area (Å²) in [5, 5.41) is 2.83. The number of nitrogens with zero attached hydrogens (tertiary/aromatic N) is 2. The lowest BCUT2D eigenvalue weighted by atomic mass is 10.1. The Labute approximate surface area is 229 Å². The number of halogens is 1. The molecule has 0 aliphatic carbocycles. The molecule has 0 saturated carbocycles. The van der Waals surface area contributed by atoms with Crippen LogP contribution in [-0.4, -0.2) is 51.4 Å². The van der Waals surface area contributed by atoms with E-state index in [1.165, 1.54) is 42.3 Å². The first-order valence-corrected chi connectivity index (χ1v) is 14.2. The summed E-state index contributed by atoms with van der Waals surface area (Å²) in [6, 6.07) is 19.0. The van der Waals surface area contributed by atoms with Crippen molar-refractivity contribution in [2.45, 2.75) is 44.2 Å². The van der Waals surface area contributed by atoms with Gasteiger partial charge in [-0.3, -0.25) is 13.9 Å². The fourth-order valence-corrected chi connectivity index (χ4v) is 5.42. The molecule has 0 bridgehead atoms. The standard InChI is InChI=1S/C29H34FN3O5S/c1-4-5-18-31-29(35)22(2)32(20-23-12-11-13-24(19-23)38-3)28(34)21-33(27-17-10-9-16-26(27)30)39(36,37)25-14-7-6-8-15-25/h6-17,19,22H,4-5,18,20-21H2,1-3H3,(H,31,35)/t22-/m1/s1. The lowest BCUT2D eigenvalue weighted by Crippen LogP contribution is -2.51. The molecule has 3 aromatic carbocycles. The fourth-order valence-electron chi connectivity index (χ4n) is 3.97. The van der Waals surface area contributed by atoms with Crippen LogP contribution in [0.1, 0.15) is 32.3 Å². The second-order valence-electron chi connectivity index (χ2n) is 8.97. The number of amides is 2. The molecule has 208 valence electrons. The molecule has 0 radical (unpaired) electrons. The van der Waals surface area contributed by atoms with Gasteiger partial charge in [0.2, 0.25) is 11.8 Å². The number of anilines is 1.